The molecule has 0 N–H and O–H groups in total. The van der Waals surface area contributed by atoms with Gasteiger partial charge in [0.15, 0.2) is 9.84 Å². The number of benzene rings is 1. The van der Waals surface area contributed by atoms with Crippen LogP contribution in [-0.4, -0.2) is 13.7 Å². The molecule has 2 rings (SSSR count). The van der Waals surface area contributed by atoms with Crippen LogP contribution in [0.4, 0.5) is 0 Å². The molecule has 0 radical (unpaired) electrons. The summed E-state index contributed by atoms with van der Waals surface area (Å²) >= 11 is 0. The van der Waals surface area contributed by atoms with Crippen LogP contribution >= 0.6 is 0 Å². The monoisotopic (exact) mass is 264 g/mol. The fraction of sp³-hybridized carbons (Fsp3) is 0.467. The Kier molecular flexibility index (Phi) is 4.59. The summed E-state index contributed by atoms with van der Waals surface area (Å²) in [5.74, 6) is 0.183. The molecule has 0 aliphatic heterocycles. The molecule has 18 heavy (non-hydrogen) atoms. The second-order valence-corrected chi connectivity index (χ2v) is 7.18. The molecule has 0 saturated heterocycles. The Morgan fingerprint density at radius 1 is 1.00 bits per heavy atom. The van der Waals surface area contributed by atoms with Crippen molar-refractivity contribution in [2.75, 3.05) is 0 Å². The maximum Gasteiger partial charge on any atom is 0.157 e. The highest BCUT2D eigenvalue weighted by atomic mass is 32.2. The molecule has 1 atom stereocenters. The first-order valence-corrected chi connectivity index (χ1v) is 8.30. The van der Waals surface area contributed by atoms with Crippen molar-refractivity contribution in [3.8, 4) is 0 Å². The first kappa shape index (κ1) is 13.3. The Morgan fingerprint density at radius 2 is 1.72 bits per heavy atom. The van der Waals surface area contributed by atoms with Crippen molar-refractivity contribution < 1.29 is 8.42 Å². The molecule has 0 spiro atoms. The van der Waals surface area contributed by atoms with E-state index in [4.69, 9.17) is 0 Å². The van der Waals surface area contributed by atoms with Crippen LogP contribution in [0.1, 0.15) is 37.7 Å². The van der Waals surface area contributed by atoms with Gasteiger partial charge in [-0.25, -0.2) is 8.42 Å². The normalized spacial score (nSPS) is 23.0. The second kappa shape index (κ2) is 6.19. The maximum atomic E-state index is 12.4. The van der Waals surface area contributed by atoms with Crippen molar-refractivity contribution >= 4 is 9.84 Å². The molecule has 0 heterocycles. The van der Waals surface area contributed by atoms with Crippen molar-refractivity contribution in [1.29, 1.82) is 0 Å². The van der Waals surface area contributed by atoms with E-state index in [0.717, 1.165) is 37.7 Å². The third kappa shape index (κ3) is 3.70. The molecule has 0 amide bonds. The van der Waals surface area contributed by atoms with Gasteiger partial charge in [0.2, 0.25) is 0 Å². The summed E-state index contributed by atoms with van der Waals surface area (Å²) in [5, 5.41) is -0.164. The van der Waals surface area contributed by atoms with E-state index < -0.39 is 9.84 Å². The number of hydrogen-bond acceptors (Lipinski definition) is 2. The van der Waals surface area contributed by atoms with Crippen LogP contribution in [0.25, 0.3) is 0 Å². The van der Waals surface area contributed by atoms with Gasteiger partial charge in [0.25, 0.3) is 0 Å². The summed E-state index contributed by atoms with van der Waals surface area (Å²) in [6, 6.07) is 9.48. The standard InChI is InChI=1S/C15H20O2S/c16-18(17,13-14-9-5-4-6-10-14)15-11-7-2-1-3-8-12-15/h1-2,4-6,9-10,15H,3,7-8,11-13H2/b2-1-. The smallest absolute Gasteiger partial charge is 0.157 e. The molecule has 0 fully saturated rings. The average Bonchev–Trinajstić information content (AvgIpc) is 2.28. The Hall–Kier alpha value is -1.09. The first-order valence-electron chi connectivity index (χ1n) is 6.59. The summed E-state index contributed by atoms with van der Waals surface area (Å²) in [6.45, 7) is 0. The zero-order valence-corrected chi connectivity index (χ0v) is 11.4. The molecule has 3 heteroatoms. The van der Waals surface area contributed by atoms with E-state index >= 15 is 0 Å². The molecule has 2 nitrogen and oxygen atoms in total. The topological polar surface area (TPSA) is 34.1 Å². The molecule has 0 aromatic heterocycles. The molecule has 1 aromatic carbocycles. The van der Waals surface area contributed by atoms with Gasteiger partial charge in [0, 0.05) is 0 Å². The second-order valence-electron chi connectivity index (χ2n) is 4.89. The van der Waals surface area contributed by atoms with E-state index in [2.05, 4.69) is 12.2 Å². The van der Waals surface area contributed by atoms with Gasteiger partial charge in [-0.05, 0) is 37.7 Å². The minimum absolute atomic E-state index is 0.164. The van der Waals surface area contributed by atoms with Crippen LogP contribution in [0.5, 0.6) is 0 Å². The van der Waals surface area contributed by atoms with Crippen molar-refractivity contribution in [3.05, 3.63) is 48.0 Å². The summed E-state index contributed by atoms with van der Waals surface area (Å²) in [7, 11) is -3.01. The number of allylic oxidation sites excluding steroid dienone is 2. The highest BCUT2D eigenvalue weighted by Gasteiger charge is 2.25. The minimum Gasteiger partial charge on any atom is -0.228 e. The van der Waals surface area contributed by atoms with Crippen LogP contribution in [-0.2, 0) is 15.6 Å². The molecular formula is C15H20O2S. The molecule has 0 bridgehead atoms. The first-order chi connectivity index (χ1) is 8.68. The summed E-state index contributed by atoms with van der Waals surface area (Å²) in [4.78, 5) is 0. The van der Waals surface area contributed by atoms with E-state index in [1.54, 1.807) is 0 Å². The van der Waals surface area contributed by atoms with Gasteiger partial charge in [-0.15, -0.1) is 0 Å². The third-order valence-electron chi connectivity index (χ3n) is 3.44. The van der Waals surface area contributed by atoms with Crippen LogP contribution < -0.4 is 0 Å². The summed E-state index contributed by atoms with van der Waals surface area (Å²) < 4.78 is 24.8. The minimum atomic E-state index is -3.01. The van der Waals surface area contributed by atoms with Gasteiger partial charge < -0.3 is 0 Å². The fourth-order valence-electron chi connectivity index (χ4n) is 2.41. The van der Waals surface area contributed by atoms with Crippen molar-refractivity contribution in [2.24, 2.45) is 0 Å². The number of sulfone groups is 1. The molecule has 1 aromatic rings. The Bertz CT molecular complexity index is 488. The van der Waals surface area contributed by atoms with Gasteiger partial charge in [-0.1, -0.05) is 42.5 Å². The Morgan fingerprint density at radius 3 is 2.50 bits per heavy atom. The van der Waals surface area contributed by atoms with Gasteiger partial charge in [0.1, 0.15) is 0 Å². The van der Waals surface area contributed by atoms with Crippen LogP contribution in [0.3, 0.4) is 0 Å². The zero-order chi connectivity index (χ0) is 12.8. The molecule has 1 aliphatic rings. The molecule has 1 aliphatic carbocycles. The van der Waals surface area contributed by atoms with Gasteiger partial charge in [-0.2, -0.15) is 0 Å². The average molecular weight is 264 g/mol. The van der Waals surface area contributed by atoms with E-state index in [-0.39, 0.29) is 11.0 Å². The Balaban J connectivity index is 2.07. The van der Waals surface area contributed by atoms with Crippen LogP contribution in [0.15, 0.2) is 42.5 Å². The highest BCUT2D eigenvalue weighted by Crippen LogP contribution is 2.22. The molecular weight excluding hydrogens is 244 g/mol. The summed E-state index contributed by atoms with van der Waals surface area (Å²) in [5.41, 5.74) is 0.898. The SMILES string of the molecule is O=S(=O)(Cc1ccccc1)C1CC/C=C\CCC1. The van der Waals surface area contributed by atoms with E-state index in [1.807, 2.05) is 30.3 Å². The largest absolute Gasteiger partial charge is 0.228 e. The lowest BCUT2D eigenvalue weighted by molar-refractivity contribution is 0.550. The van der Waals surface area contributed by atoms with Gasteiger partial charge in [0.05, 0.1) is 11.0 Å². The van der Waals surface area contributed by atoms with Crippen LogP contribution in [0, 0.1) is 0 Å². The quantitative estimate of drug-likeness (QED) is 0.783. The van der Waals surface area contributed by atoms with Gasteiger partial charge in [-0.3, -0.25) is 0 Å². The molecule has 0 saturated carbocycles. The predicted molar refractivity (Wildman–Crippen MR) is 75.1 cm³/mol. The zero-order valence-electron chi connectivity index (χ0n) is 10.6. The lowest BCUT2D eigenvalue weighted by Gasteiger charge is -2.18. The van der Waals surface area contributed by atoms with Crippen molar-refractivity contribution in [2.45, 2.75) is 43.1 Å². The van der Waals surface area contributed by atoms with Crippen molar-refractivity contribution in [3.63, 3.8) is 0 Å². The Labute approximate surface area is 110 Å². The van der Waals surface area contributed by atoms with Crippen molar-refractivity contribution in [1.82, 2.24) is 0 Å². The molecule has 98 valence electrons. The van der Waals surface area contributed by atoms with Gasteiger partial charge >= 0.3 is 0 Å². The van der Waals surface area contributed by atoms with E-state index in [0.29, 0.717) is 0 Å². The van der Waals surface area contributed by atoms with E-state index in [1.165, 1.54) is 0 Å². The number of rotatable bonds is 3. The predicted octanol–water partition coefficient (Wildman–Crippen LogP) is 3.49. The lowest BCUT2D eigenvalue weighted by atomic mass is 10.1. The maximum absolute atomic E-state index is 12.4. The summed E-state index contributed by atoms with van der Waals surface area (Å²) in [6.07, 6.45) is 8.74. The van der Waals surface area contributed by atoms with Crippen LogP contribution in [0.2, 0.25) is 0 Å². The fourth-order valence-corrected chi connectivity index (χ4v) is 4.32. The molecule has 1 unspecified atom stereocenters. The number of hydrogen-bond donors (Lipinski definition) is 0. The lowest BCUT2D eigenvalue weighted by Crippen LogP contribution is -2.23. The third-order valence-corrected chi connectivity index (χ3v) is 5.66. The van der Waals surface area contributed by atoms with E-state index in [9.17, 15) is 8.42 Å². The highest BCUT2D eigenvalue weighted by molar-refractivity contribution is 7.91.